The predicted molar refractivity (Wildman–Crippen MR) is 74.8 cm³/mol. The molecule has 0 saturated heterocycles. The molecule has 1 aromatic heterocycles. The molecule has 4 nitrogen and oxygen atoms in total. The molecule has 4 heteroatoms. The summed E-state index contributed by atoms with van der Waals surface area (Å²) in [6.07, 6.45) is 3.88. The number of nitrogens with one attached hydrogen (secondary N) is 1. The lowest BCUT2D eigenvalue weighted by Crippen LogP contribution is -2.28. The number of amides is 1. The molecule has 1 aliphatic rings. The minimum absolute atomic E-state index is 0.0839. The molecule has 0 aliphatic heterocycles. The molecule has 106 valence electrons. The average molecular weight is 264 g/mol. The molecular weight excluding hydrogens is 240 g/mol. The maximum atomic E-state index is 11.5. The van der Waals surface area contributed by atoms with Crippen LogP contribution in [0.25, 0.3) is 0 Å². The summed E-state index contributed by atoms with van der Waals surface area (Å²) in [5.74, 6) is 0.0839. The van der Waals surface area contributed by atoms with Crippen molar-refractivity contribution in [3.05, 3.63) is 23.5 Å². The first-order valence-corrected chi connectivity index (χ1v) is 7.05. The van der Waals surface area contributed by atoms with Gasteiger partial charge >= 0.3 is 0 Å². The van der Waals surface area contributed by atoms with Crippen molar-refractivity contribution in [1.82, 2.24) is 9.88 Å². The number of rotatable bonds is 4. The van der Waals surface area contributed by atoms with Crippen LogP contribution < -0.4 is 5.32 Å². The summed E-state index contributed by atoms with van der Waals surface area (Å²) in [6, 6.07) is 1.99. The third-order valence-corrected chi connectivity index (χ3v) is 3.82. The lowest BCUT2D eigenvalue weighted by molar-refractivity contribution is -0.121. The Bertz CT molecular complexity index is 463. The Kier molecular flexibility index (Phi) is 3.99. The van der Waals surface area contributed by atoms with E-state index in [1.54, 1.807) is 0 Å². The molecule has 0 bridgehead atoms. The zero-order valence-corrected chi connectivity index (χ0v) is 12.1. The first-order valence-electron chi connectivity index (χ1n) is 7.05. The van der Waals surface area contributed by atoms with Gasteiger partial charge in [0.25, 0.3) is 0 Å². The number of carbonyl (C=O) groups excluding carboxylic acids is 1. The summed E-state index contributed by atoms with van der Waals surface area (Å²) >= 11 is 0. The molecular formula is C15H24N2O2. The minimum atomic E-state index is -0.371. The van der Waals surface area contributed by atoms with Crippen LogP contribution in [-0.2, 0) is 17.8 Å². The number of fused-ring (bicyclic) bond motifs is 1. The zero-order valence-electron chi connectivity index (χ0n) is 12.1. The maximum absolute atomic E-state index is 11.5. The Hall–Kier alpha value is -1.29. The number of nitrogens with zero attached hydrogens (tertiary/aromatic N) is 1. The summed E-state index contributed by atoms with van der Waals surface area (Å²) < 4.78 is 2.12. The van der Waals surface area contributed by atoms with Crippen molar-refractivity contribution in [2.24, 2.45) is 5.41 Å². The van der Waals surface area contributed by atoms with E-state index in [-0.39, 0.29) is 17.4 Å². The number of aliphatic hydroxyl groups is 1. The van der Waals surface area contributed by atoms with E-state index >= 15 is 0 Å². The third kappa shape index (κ3) is 3.18. The largest absolute Gasteiger partial charge is 0.388 e. The molecule has 0 aromatic carbocycles. The molecule has 1 aromatic rings. The molecule has 0 fully saturated rings. The monoisotopic (exact) mass is 264 g/mol. The molecule has 1 heterocycles. The Balaban J connectivity index is 2.10. The summed E-state index contributed by atoms with van der Waals surface area (Å²) in [4.78, 5) is 11.5. The Morgan fingerprint density at radius 2 is 2.32 bits per heavy atom. The fourth-order valence-electron chi connectivity index (χ4n) is 2.91. The normalized spacial score (nSPS) is 20.9. The third-order valence-electron chi connectivity index (χ3n) is 3.82. The average Bonchev–Trinajstić information content (AvgIpc) is 2.68. The number of aliphatic hydroxyl groups excluding tert-OH is 1. The molecule has 1 aliphatic carbocycles. The van der Waals surface area contributed by atoms with Crippen LogP contribution >= 0.6 is 0 Å². The van der Waals surface area contributed by atoms with E-state index in [0.29, 0.717) is 19.5 Å². The predicted octanol–water partition coefficient (Wildman–Crippen LogP) is 2.02. The second-order valence-electron chi connectivity index (χ2n) is 6.18. The van der Waals surface area contributed by atoms with Gasteiger partial charge in [0, 0.05) is 37.0 Å². The lowest BCUT2D eigenvalue weighted by Gasteiger charge is -2.34. The van der Waals surface area contributed by atoms with Gasteiger partial charge in [-0.25, -0.2) is 0 Å². The van der Waals surface area contributed by atoms with E-state index < -0.39 is 0 Å². The Morgan fingerprint density at radius 3 is 3.00 bits per heavy atom. The van der Waals surface area contributed by atoms with Gasteiger partial charge in [-0.2, -0.15) is 0 Å². The number of hydrogen-bond donors (Lipinski definition) is 2. The topological polar surface area (TPSA) is 54.3 Å². The van der Waals surface area contributed by atoms with Crippen molar-refractivity contribution in [1.29, 1.82) is 0 Å². The van der Waals surface area contributed by atoms with E-state index in [2.05, 4.69) is 23.7 Å². The van der Waals surface area contributed by atoms with Crippen molar-refractivity contribution in [3.63, 3.8) is 0 Å². The highest BCUT2D eigenvalue weighted by atomic mass is 16.3. The van der Waals surface area contributed by atoms with Crippen LogP contribution in [0.2, 0.25) is 0 Å². The molecule has 1 atom stereocenters. The smallest absolute Gasteiger partial charge is 0.221 e. The van der Waals surface area contributed by atoms with Crippen LogP contribution in [0.1, 0.15) is 51.0 Å². The van der Waals surface area contributed by atoms with Crippen LogP contribution in [0.4, 0.5) is 0 Å². The minimum Gasteiger partial charge on any atom is -0.388 e. The van der Waals surface area contributed by atoms with Crippen molar-refractivity contribution in [3.8, 4) is 0 Å². The quantitative estimate of drug-likeness (QED) is 0.874. The molecule has 0 spiro atoms. The van der Waals surface area contributed by atoms with Crippen molar-refractivity contribution >= 4 is 5.91 Å². The molecule has 1 amide bonds. The molecule has 2 rings (SSSR count). The summed E-state index contributed by atoms with van der Waals surface area (Å²) in [7, 11) is 0. The number of aromatic nitrogens is 1. The van der Waals surface area contributed by atoms with Gasteiger partial charge in [-0.05, 0) is 31.2 Å². The molecule has 0 radical (unpaired) electrons. The highest BCUT2D eigenvalue weighted by molar-refractivity contribution is 5.75. The molecule has 19 heavy (non-hydrogen) atoms. The van der Waals surface area contributed by atoms with Crippen molar-refractivity contribution in [2.75, 3.05) is 6.54 Å². The summed E-state index contributed by atoms with van der Waals surface area (Å²) in [6.45, 7) is 7.65. The number of carbonyl (C=O) groups is 1. The number of aryl methyl sites for hydroxylation is 1. The number of hydrogen-bond acceptors (Lipinski definition) is 2. The standard InChI is InChI=1S/C15H24N2O2/c1-4-16-14(19)6-8-17-7-5-11-12(17)9-15(2,3)10-13(11)18/h5,7,13,18H,4,6,8-10H2,1-3H3,(H,16,19). The van der Waals surface area contributed by atoms with Gasteiger partial charge < -0.3 is 15.0 Å². The highest BCUT2D eigenvalue weighted by Crippen LogP contribution is 2.41. The van der Waals surface area contributed by atoms with Crippen LogP contribution in [-0.4, -0.2) is 22.1 Å². The van der Waals surface area contributed by atoms with Gasteiger partial charge in [-0.1, -0.05) is 13.8 Å². The van der Waals surface area contributed by atoms with E-state index in [1.165, 1.54) is 5.69 Å². The Labute approximate surface area is 114 Å². The van der Waals surface area contributed by atoms with Gasteiger partial charge in [-0.15, -0.1) is 0 Å². The second-order valence-corrected chi connectivity index (χ2v) is 6.18. The van der Waals surface area contributed by atoms with Crippen molar-refractivity contribution in [2.45, 2.75) is 52.7 Å². The highest BCUT2D eigenvalue weighted by Gasteiger charge is 2.33. The molecule has 0 saturated carbocycles. The van der Waals surface area contributed by atoms with E-state index in [4.69, 9.17) is 0 Å². The van der Waals surface area contributed by atoms with Crippen LogP contribution in [0.5, 0.6) is 0 Å². The fourth-order valence-corrected chi connectivity index (χ4v) is 2.91. The first-order chi connectivity index (χ1) is 8.93. The SMILES string of the molecule is CCNC(=O)CCn1ccc2c1CC(C)(C)CC2O. The van der Waals surface area contributed by atoms with Crippen LogP contribution in [0.15, 0.2) is 12.3 Å². The fraction of sp³-hybridized carbons (Fsp3) is 0.667. The first kappa shape index (κ1) is 14.1. The maximum Gasteiger partial charge on any atom is 0.221 e. The van der Waals surface area contributed by atoms with Gasteiger partial charge in [-0.3, -0.25) is 4.79 Å². The lowest BCUT2D eigenvalue weighted by atomic mass is 9.75. The van der Waals surface area contributed by atoms with Gasteiger partial charge in [0.05, 0.1) is 6.10 Å². The van der Waals surface area contributed by atoms with E-state index in [1.807, 2.05) is 19.2 Å². The van der Waals surface area contributed by atoms with Gasteiger partial charge in [0.2, 0.25) is 5.91 Å². The molecule has 1 unspecified atom stereocenters. The van der Waals surface area contributed by atoms with Gasteiger partial charge in [0.1, 0.15) is 0 Å². The van der Waals surface area contributed by atoms with E-state index in [0.717, 1.165) is 18.4 Å². The van der Waals surface area contributed by atoms with Gasteiger partial charge in [0.15, 0.2) is 0 Å². The van der Waals surface area contributed by atoms with Crippen LogP contribution in [0, 0.1) is 5.41 Å². The summed E-state index contributed by atoms with van der Waals surface area (Å²) in [5.41, 5.74) is 2.34. The van der Waals surface area contributed by atoms with Crippen LogP contribution in [0.3, 0.4) is 0 Å². The Morgan fingerprint density at radius 1 is 1.58 bits per heavy atom. The van der Waals surface area contributed by atoms with E-state index in [9.17, 15) is 9.90 Å². The second kappa shape index (κ2) is 5.37. The summed E-state index contributed by atoms with van der Waals surface area (Å²) in [5, 5.41) is 13.0. The molecule has 2 N–H and O–H groups in total. The van der Waals surface area contributed by atoms with Crippen molar-refractivity contribution < 1.29 is 9.90 Å². The zero-order chi connectivity index (χ0) is 14.0.